The summed E-state index contributed by atoms with van der Waals surface area (Å²) in [6, 6.07) is 6.20. The average Bonchev–Trinajstić information content (AvgIpc) is 2.67. The molecule has 7 nitrogen and oxygen atoms in total. The first kappa shape index (κ1) is 20.9. The van der Waals surface area contributed by atoms with E-state index in [-0.39, 0.29) is 29.6 Å². The first-order valence-electron chi connectivity index (χ1n) is 9.45. The van der Waals surface area contributed by atoms with Gasteiger partial charge in [0.15, 0.2) is 0 Å². The molecule has 2 amide bonds. The Morgan fingerprint density at radius 2 is 1.78 bits per heavy atom. The Kier molecular flexibility index (Phi) is 7.36. The predicted molar refractivity (Wildman–Crippen MR) is 103 cm³/mol. The Morgan fingerprint density at radius 1 is 1.19 bits per heavy atom. The number of rotatable bonds is 6. The van der Waals surface area contributed by atoms with Gasteiger partial charge in [0.1, 0.15) is 0 Å². The van der Waals surface area contributed by atoms with Gasteiger partial charge < -0.3 is 20.7 Å². The molecule has 1 fully saturated rings. The summed E-state index contributed by atoms with van der Waals surface area (Å²) in [6.07, 6.45) is 1.23. The zero-order valence-corrected chi connectivity index (χ0v) is 16.2. The maximum absolute atomic E-state index is 12.6. The Labute approximate surface area is 160 Å². The fourth-order valence-corrected chi connectivity index (χ4v) is 2.99. The zero-order chi connectivity index (χ0) is 20.0. The lowest BCUT2D eigenvalue weighted by Gasteiger charge is -2.31. The van der Waals surface area contributed by atoms with E-state index in [0.717, 1.165) is 0 Å². The average molecular weight is 375 g/mol. The lowest BCUT2D eigenvalue weighted by atomic mass is 9.96. The van der Waals surface area contributed by atoms with Crippen molar-refractivity contribution in [1.82, 2.24) is 4.90 Å². The van der Waals surface area contributed by atoms with Crippen LogP contribution in [0.15, 0.2) is 24.3 Å². The van der Waals surface area contributed by atoms with Crippen molar-refractivity contribution in [2.45, 2.75) is 39.7 Å². The van der Waals surface area contributed by atoms with Gasteiger partial charge in [0, 0.05) is 24.3 Å². The number of hydrogen-bond acceptors (Lipinski definition) is 5. The SMILES string of the molecule is CCOC(=O)C1CCN(C(=O)c2ccc(NC(=O)[C@@H](N)C(C)C)cc2)CC1. The summed E-state index contributed by atoms with van der Waals surface area (Å²) < 4.78 is 5.05. The Balaban J connectivity index is 1.91. The van der Waals surface area contributed by atoms with Crippen molar-refractivity contribution in [3.05, 3.63) is 29.8 Å². The van der Waals surface area contributed by atoms with Crippen LogP contribution in [0, 0.1) is 11.8 Å². The second-order valence-corrected chi connectivity index (χ2v) is 7.15. The molecular weight excluding hydrogens is 346 g/mol. The maximum atomic E-state index is 12.6. The minimum Gasteiger partial charge on any atom is -0.466 e. The number of carbonyl (C=O) groups is 3. The molecule has 27 heavy (non-hydrogen) atoms. The molecule has 1 aliphatic heterocycles. The highest BCUT2D eigenvalue weighted by atomic mass is 16.5. The molecule has 1 aliphatic rings. The van der Waals surface area contributed by atoms with Crippen molar-refractivity contribution in [1.29, 1.82) is 0 Å². The molecule has 0 bridgehead atoms. The topological polar surface area (TPSA) is 102 Å². The second kappa shape index (κ2) is 9.50. The molecule has 1 aromatic rings. The number of likely N-dealkylation sites (tertiary alicyclic amines) is 1. The van der Waals surface area contributed by atoms with Gasteiger partial charge in [0.2, 0.25) is 5.91 Å². The smallest absolute Gasteiger partial charge is 0.309 e. The van der Waals surface area contributed by atoms with Gasteiger partial charge in [-0.1, -0.05) is 13.8 Å². The Bertz CT molecular complexity index is 664. The van der Waals surface area contributed by atoms with Gasteiger partial charge in [-0.05, 0) is 49.9 Å². The highest BCUT2D eigenvalue weighted by Crippen LogP contribution is 2.21. The zero-order valence-electron chi connectivity index (χ0n) is 16.2. The number of nitrogens with one attached hydrogen (secondary N) is 1. The highest BCUT2D eigenvalue weighted by Gasteiger charge is 2.28. The standard InChI is InChI=1S/C20H29N3O4/c1-4-27-20(26)15-9-11-23(12-10-15)19(25)14-5-7-16(8-6-14)22-18(24)17(21)13(2)3/h5-8,13,15,17H,4,9-12,21H2,1-3H3,(H,22,24)/t17-/m0/s1. The molecule has 0 aliphatic carbocycles. The van der Waals surface area contributed by atoms with Gasteiger partial charge in [0.25, 0.3) is 5.91 Å². The molecule has 1 atom stereocenters. The van der Waals surface area contributed by atoms with Crippen LogP contribution in [-0.2, 0) is 14.3 Å². The first-order chi connectivity index (χ1) is 12.8. The van der Waals surface area contributed by atoms with Crippen molar-refractivity contribution < 1.29 is 19.1 Å². The van der Waals surface area contributed by atoms with Gasteiger partial charge in [-0.15, -0.1) is 0 Å². The van der Waals surface area contributed by atoms with Crippen LogP contribution in [0.2, 0.25) is 0 Å². The van der Waals surface area contributed by atoms with Crippen LogP contribution in [0.1, 0.15) is 44.0 Å². The number of hydrogen-bond donors (Lipinski definition) is 2. The molecule has 0 saturated carbocycles. The predicted octanol–water partition coefficient (Wildman–Crippen LogP) is 2.02. The number of anilines is 1. The number of ether oxygens (including phenoxy) is 1. The van der Waals surface area contributed by atoms with E-state index in [1.807, 2.05) is 13.8 Å². The minimum atomic E-state index is -0.577. The number of carbonyl (C=O) groups excluding carboxylic acids is 3. The van der Waals surface area contributed by atoms with E-state index in [0.29, 0.717) is 43.8 Å². The van der Waals surface area contributed by atoms with E-state index >= 15 is 0 Å². The van der Waals surface area contributed by atoms with Crippen molar-refractivity contribution in [2.75, 3.05) is 25.0 Å². The van der Waals surface area contributed by atoms with Crippen LogP contribution in [0.4, 0.5) is 5.69 Å². The van der Waals surface area contributed by atoms with E-state index in [1.165, 1.54) is 0 Å². The first-order valence-corrected chi connectivity index (χ1v) is 9.45. The van der Waals surface area contributed by atoms with E-state index in [1.54, 1.807) is 36.1 Å². The van der Waals surface area contributed by atoms with Gasteiger partial charge in [-0.2, -0.15) is 0 Å². The molecule has 1 heterocycles. The molecule has 1 saturated heterocycles. The molecule has 0 aromatic heterocycles. The molecule has 0 spiro atoms. The lowest BCUT2D eigenvalue weighted by molar-refractivity contribution is -0.149. The number of amides is 2. The van der Waals surface area contributed by atoms with Crippen LogP contribution in [0.25, 0.3) is 0 Å². The number of esters is 1. The molecule has 3 N–H and O–H groups in total. The highest BCUT2D eigenvalue weighted by molar-refractivity contribution is 5.97. The summed E-state index contributed by atoms with van der Waals surface area (Å²) in [7, 11) is 0. The van der Waals surface area contributed by atoms with Crippen LogP contribution in [-0.4, -0.2) is 48.4 Å². The number of nitrogens with two attached hydrogens (primary N) is 1. The monoisotopic (exact) mass is 375 g/mol. The summed E-state index contributed by atoms with van der Waals surface area (Å²) in [5.74, 6) is -0.580. The van der Waals surface area contributed by atoms with Gasteiger partial charge >= 0.3 is 5.97 Å². The fourth-order valence-electron chi connectivity index (χ4n) is 2.99. The van der Waals surface area contributed by atoms with Crippen LogP contribution >= 0.6 is 0 Å². The van der Waals surface area contributed by atoms with Crippen molar-refractivity contribution in [3.8, 4) is 0 Å². The number of piperidine rings is 1. The Morgan fingerprint density at radius 3 is 2.30 bits per heavy atom. The van der Waals surface area contributed by atoms with E-state index in [4.69, 9.17) is 10.5 Å². The van der Waals surface area contributed by atoms with Crippen molar-refractivity contribution in [2.24, 2.45) is 17.6 Å². The number of nitrogens with zero attached hydrogens (tertiary/aromatic N) is 1. The van der Waals surface area contributed by atoms with Gasteiger partial charge in [0.05, 0.1) is 18.6 Å². The number of benzene rings is 1. The van der Waals surface area contributed by atoms with Gasteiger partial charge in [-0.25, -0.2) is 0 Å². The molecule has 1 aromatic carbocycles. The summed E-state index contributed by atoms with van der Waals surface area (Å²) in [5.41, 5.74) is 6.99. The van der Waals surface area contributed by atoms with Gasteiger partial charge in [-0.3, -0.25) is 14.4 Å². The fraction of sp³-hybridized carbons (Fsp3) is 0.550. The molecule has 0 radical (unpaired) electrons. The van der Waals surface area contributed by atoms with E-state index in [2.05, 4.69) is 5.32 Å². The van der Waals surface area contributed by atoms with Crippen molar-refractivity contribution in [3.63, 3.8) is 0 Å². The van der Waals surface area contributed by atoms with Crippen LogP contribution < -0.4 is 11.1 Å². The molecule has 7 heteroatoms. The summed E-state index contributed by atoms with van der Waals surface area (Å²) in [4.78, 5) is 38.2. The summed E-state index contributed by atoms with van der Waals surface area (Å²) in [6.45, 7) is 7.00. The normalized spacial score (nSPS) is 16.1. The Hall–Kier alpha value is -2.41. The third kappa shape index (κ3) is 5.53. The summed E-state index contributed by atoms with van der Waals surface area (Å²) >= 11 is 0. The van der Waals surface area contributed by atoms with E-state index in [9.17, 15) is 14.4 Å². The third-order valence-electron chi connectivity index (χ3n) is 4.82. The lowest BCUT2D eigenvalue weighted by Crippen LogP contribution is -2.40. The minimum absolute atomic E-state index is 0.0448. The maximum Gasteiger partial charge on any atom is 0.309 e. The molecule has 0 unspecified atom stereocenters. The quantitative estimate of drug-likeness (QED) is 0.741. The third-order valence-corrected chi connectivity index (χ3v) is 4.82. The van der Waals surface area contributed by atoms with Crippen molar-refractivity contribution >= 4 is 23.5 Å². The summed E-state index contributed by atoms with van der Waals surface area (Å²) in [5, 5.41) is 2.76. The van der Waals surface area contributed by atoms with Crippen LogP contribution in [0.5, 0.6) is 0 Å². The largest absolute Gasteiger partial charge is 0.466 e. The van der Waals surface area contributed by atoms with E-state index < -0.39 is 6.04 Å². The molecule has 2 rings (SSSR count). The second-order valence-electron chi connectivity index (χ2n) is 7.15. The van der Waals surface area contributed by atoms with Crippen LogP contribution in [0.3, 0.4) is 0 Å². The molecular formula is C20H29N3O4. The molecule has 148 valence electrons.